The Morgan fingerprint density at radius 1 is 1.67 bits per heavy atom. The van der Waals surface area contributed by atoms with Crippen molar-refractivity contribution in [3.63, 3.8) is 0 Å². The van der Waals surface area contributed by atoms with Gasteiger partial charge in [-0.05, 0) is 0 Å². The third-order valence-corrected chi connectivity index (χ3v) is 2.35. The molecule has 4 heteroatoms. The molecule has 0 spiro atoms. The zero-order chi connectivity index (χ0) is 8.55. The minimum absolute atomic E-state index is 0.167. The molecule has 4 nitrogen and oxygen atoms in total. The Morgan fingerprint density at radius 3 is 3.17 bits per heavy atom. The van der Waals surface area contributed by atoms with Crippen LogP contribution in [-0.2, 0) is 4.79 Å². The summed E-state index contributed by atoms with van der Waals surface area (Å²) in [6.45, 7) is 2.80. The molecule has 2 aliphatic rings. The molecule has 1 atom stereocenters. The maximum atomic E-state index is 10.4. The van der Waals surface area contributed by atoms with Crippen LogP contribution in [0.2, 0.25) is 0 Å². The Morgan fingerprint density at radius 2 is 2.50 bits per heavy atom. The van der Waals surface area contributed by atoms with E-state index in [4.69, 9.17) is 5.11 Å². The van der Waals surface area contributed by atoms with Gasteiger partial charge in [0.05, 0.1) is 13.2 Å². The molecule has 2 rings (SSSR count). The van der Waals surface area contributed by atoms with Gasteiger partial charge in [0.1, 0.15) is 0 Å². The average Bonchev–Trinajstić information content (AvgIpc) is 2.43. The first kappa shape index (κ1) is 7.76. The van der Waals surface area contributed by atoms with E-state index in [9.17, 15) is 4.79 Å². The summed E-state index contributed by atoms with van der Waals surface area (Å²) in [7, 11) is 0. The number of carbonyl (C=O) groups is 1. The van der Waals surface area contributed by atoms with E-state index in [1.54, 1.807) is 0 Å². The minimum Gasteiger partial charge on any atom is -0.480 e. The van der Waals surface area contributed by atoms with Gasteiger partial charge in [0.2, 0.25) is 0 Å². The Bertz CT molecular complexity index is 227. The first-order valence-electron chi connectivity index (χ1n) is 4.10. The van der Waals surface area contributed by atoms with Crippen LogP contribution in [0.15, 0.2) is 12.2 Å². The lowest BCUT2D eigenvalue weighted by Crippen LogP contribution is -2.29. The molecule has 0 bridgehead atoms. The molecule has 0 radical (unpaired) electrons. The SMILES string of the molecule is O=C(O)CN1CC2C=CCN2C1. The fourth-order valence-corrected chi connectivity index (χ4v) is 1.83. The van der Waals surface area contributed by atoms with E-state index in [1.165, 1.54) is 0 Å². The summed E-state index contributed by atoms with van der Waals surface area (Å²) in [6.07, 6.45) is 4.30. The van der Waals surface area contributed by atoms with Crippen LogP contribution >= 0.6 is 0 Å². The number of hydrogen-bond donors (Lipinski definition) is 1. The minimum atomic E-state index is -0.736. The molecule has 0 amide bonds. The van der Waals surface area contributed by atoms with Gasteiger partial charge in [0, 0.05) is 19.1 Å². The highest BCUT2D eigenvalue weighted by Gasteiger charge is 2.30. The smallest absolute Gasteiger partial charge is 0.317 e. The fourth-order valence-electron chi connectivity index (χ4n) is 1.83. The quantitative estimate of drug-likeness (QED) is 0.569. The number of nitrogens with zero attached hydrogens (tertiary/aromatic N) is 2. The summed E-state index contributed by atoms with van der Waals surface area (Å²) in [4.78, 5) is 14.6. The number of hydrogen-bond acceptors (Lipinski definition) is 3. The predicted octanol–water partition coefficient (Wildman–Crippen LogP) is -0.415. The van der Waals surface area contributed by atoms with Crippen molar-refractivity contribution in [2.24, 2.45) is 0 Å². The van der Waals surface area contributed by atoms with E-state index in [0.29, 0.717) is 6.04 Å². The predicted molar refractivity (Wildman–Crippen MR) is 43.7 cm³/mol. The largest absolute Gasteiger partial charge is 0.480 e. The summed E-state index contributed by atoms with van der Waals surface area (Å²) in [6, 6.07) is 0.462. The number of rotatable bonds is 2. The summed E-state index contributed by atoms with van der Waals surface area (Å²) in [5.41, 5.74) is 0. The normalized spacial score (nSPS) is 29.5. The van der Waals surface area contributed by atoms with E-state index in [1.807, 2.05) is 4.90 Å². The molecule has 12 heavy (non-hydrogen) atoms. The van der Waals surface area contributed by atoms with Gasteiger partial charge in [0.25, 0.3) is 0 Å². The van der Waals surface area contributed by atoms with Crippen LogP contribution in [0, 0.1) is 0 Å². The molecule has 66 valence electrons. The second kappa shape index (κ2) is 2.88. The number of aliphatic carboxylic acids is 1. The van der Waals surface area contributed by atoms with Crippen molar-refractivity contribution in [2.45, 2.75) is 6.04 Å². The lowest BCUT2D eigenvalue weighted by molar-refractivity contribution is -0.138. The zero-order valence-electron chi connectivity index (χ0n) is 6.81. The van der Waals surface area contributed by atoms with Crippen LogP contribution in [0.3, 0.4) is 0 Å². The monoisotopic (exact) mass is 168 g/mol. The van der Waals surface area contributed by atoms with Gasteiger partial charge in [-0.2, -0.15) is 0 Å². The molecule has 0 aliphatic carbocycles. The van der Waals surface area contributed by atoms with Crippen LogP contribution in [0.5, 0.6) is 0 Å². The Hall–Kier alpha value is -0.870. The molecule has 2 heterocycles. The topological polar surface area (TPSA) is 43.8 Å². The number of fused-ring (bicyclic) bond motifs is 1. The molecule has 1 fully saturated rings. The molecule has 1 unspecified atom stereocenters. The Labute approximate surface area is 71.1 Å². The third kappa shape index (κ3) is 1.35. The van der Waals surface area contributed by atoms with Crippen molar-refractivity contribution in [3.8, 4) is 0 Å². The highest BCUT2D eigenvalue weighted by atomic mass is 16.4. The van der Waals surface area contributed by atoms with Gasteiger partial charge in [0.15, 0.2) is 0 Å². The molecule has 2 aliphatic heterocycles. The molecule has 0 aromatic rings. The summed E-state index contributed by atoms with van der Waals surface area (Å²) >= 11 is 0. The van der Waals surface area contributed by atoms with E-state index in [2.05, 4.69) is 17.1 Å². The van der Waals surface area contributed by atoms with Crippen LogP contribution < -0.4 is 0 Å². The van der Waals surface area contributed by atoms with Crippen molar-refractivity contribution >= 4 is 5.97 Å². The molecule has 1 saturated heterocycles. The lowest BCUT2D eigenvalue weighted by Gasteiger charge is -2.13. The van der Waals surface area contributed by atoms with Crippen LogP contribution in [0.25, 0.3) is 0 Å². The van der Waals surface area contributed by atoms with Crippen molar-refractivity contribution in [3.05, 3.63) is 12.2 Å². The average molecular weight is 168 g/mol. The second-order valence-corrected chi connectivity index (χ2v) is 3.31. The highest BCUT2D eigenvalue weighted by molar-refractivity contribution is 5.69. The maximum Gasteiger partial charge on any atom is 0.317 e. The van der Waals surface area contributed by atoms with Crippen LogP contribution in [0.1, 0.15) is 0 Å². The second-order valence-electron chi connectivity index (χ2n) is 3.31. The molecule has 1 N–H and O–H groups in total. The molecule has 0 saturated carbocycles. The number of carboxylic acids is 1. The van der Waals surface area contributed by atoms with E-state index < -0.39 is 5.97 Å². The van der Waals surface area contributed by atoms with Gasteiger partial charge in [-0.15, -0.1) is 0 Å². The molecular weight excluding hydrogens is 156 g/mol. The first-order chi connectivity index (χ1) is 5.75. The highest BCUT2D eigenvalue weighted by Crippen LogP contribution is 2.17. The zero-order valence-corrected chi connectivity index (χ0v) is 6.81. The van der Waals surface area contributed by atoms with Crippen molar-refractivity contribution in [1.82, 2.24) is 9.80 Å². The van der Waals surface area contributed by atoms with E-state index >= 15 is 0 Å². The van der Waals surface area contributed by atoms with Crippen molar-refractivity contribution in [1.29, 1.82) is 0 Å². The van der Waals surface area contributed by atoms with Gasteiger partial charge < -0.3 is 5.11 Å². The standard InChI is InChI=1S/C8H12N2O2/c11-8(12)5-9-4-7-2-1-3-10(7)6-9/h1-2,7H,3-6H2,(H,11,12). The Kier molecular flexibility index (Phi) is 1.86. The van der Waals surface area contributed by atoms with Crippen LogP contribution in [0.4, 0.5) is 0 Å². The molecule has 0 aromatic carbocycles. The van der Waals surface area contributed by atoms with E-state index in [0.717, 1.165) is 19.8 Å². The lowest BCUT2D eigenvalue weighted by atomic mass is 10.3. The van der Waals surface area contributed by atoms with Gasteiger partial charge in [-0.1, -0.05) is 12.2 Å². The fraction of sp³-hybridized carbons (Fsp3) is 0.625. The molecular formula is C8H12N2O2. The third-order valence-electron chi connectivity index (χ3n) is 2.35. The van der Waals surface area contributed by atoms with Gasteiger partial charge >= 0.3 is 5.97 Å². The van der Waals surface area contributed by atoms with Gasteiger partial charge in [-0.25, -0.2) is 0 Å². The summed E-state index contributed by atoms with van der Waals surface area (Å²) in [5.74, 6) is -0.736. The van der Waals surface area contributed by atoms with Gasteiger partial charge in [-0.3, -0.25) is 14.6 Å². The first-order valence-corrected chi connectivity index (χ1v) is 4.10. The van der Waals surface area contributed by atoms with Crippen molar-refractivity contribution in [2.75, 3.05) is 26.3 Å². The van der Waals surface area contributed by atoms with Crippen molar-refractivity contribution < 1.29 is 9.90 Å². The summed E-state index contributed by atoms with van der Waals surface area (Å²) in [5, 5.41) is 8.56. The number of carboxylic acid groups (broad SMARTS) is 1. The maximum absolute atomic E-state index is 10.4. The van der Waals surface area contributed by atoms with E-state index in [-0.39, 0.29) is 6.54 Å². The Balaban J connectivity index is 1.90. The molecule has 0 aromatic heterocycles. The van der Waals surface area contributed by atoms with Crippen LogP contribution in [-0.4, -0.2) is 53.2 Å². The summed E-state index contributed by atoms with van der Waals surface area (Å²) < 4.78 is 0.